The maximum atomic E-state index is 11.7. The fourth-order valence-corrected chi connectivity index (χ4v) is 4.65. The number of pyridine rings is 1. The number of methoxy groups -OCH3 is 1. The molecule has 1 fully saturated rings. The lowest BCUT2D eigenvalue weighted by molar-refractivity contribution is 0.417. The maximum Gasteiger partial charge on any atom is 0.179 e. The summed E-state index contributed by atoms with van der Waals surface area (Å²) in [5.74, 6) is 1.54. The first-order valence-corrected chi connectivity index (χ1v) is 8.60. The van der Waals surface area contributed by atoms with Gasteiger partial charge >= 0.3 is 0 Å². The van der Waals surface area contributed by atoms with Gasteiger partial charge in [0.2, 0.25) is 0 Å². The van der Waals surface area contributed by atoms with E-state index in [0.29, 0.717) is 12.2 Å². The lowest BCUT2D eigenvalue weighted by Gasteiger charge is -2.20. The topological polar surface area (TPSA) is 60.7 Å². The highest BCUT2D eigenvalue weighted by atomic mass is 32.2. The number of fused-ring (bicyclic) bond motifs is 1. The van der Waals surface area contributed by atoms with Crippen molar-refractivity contribution in [3.63, 3.8) is 0 Å². The summed E-state index contributed by atoms with van der Waals surface area (Å²) in [4.78, 5) is 4.57. The van der Waals surface area contributed by atoms with E-state index in [0.717, 1.165) is 29.9 Å². The van der Waals surface area contributed by atoms with Crippen LogP contribution in [0.2, 0.25) is 0 Å². The molecule has 20 heavy (non-hydrogen) atoms. The van der Waals surface area contributed by atoms with Crippen LogP contribution in [0.4, 0.5) is 0 Å². The minimum absolute atomic E-state index is 0.185. The van der Waals surface area contributed by atoms with Gasteiger partial charge in [0.1, 0.15) is 0 Å². The summed E-state index contributed by atoms with van der Waals surface area (Å²) >= 11 is 0. The minimum atomic E-state index is -2.85. The third kappa shape index (κ3) is 2.65. The number of aromatic nitrogens is 2. The minimum Gasteiger partial charge on any atom is -0.493 e. The second-order valence-electron chi connectivity index (χ2n) is 5.37. The number of sulfone groups is 1. The van der Waals surface area contributed by atoms with Crippen molar-refractivity contribution in [3.05, 3.63) is 30.2 Å². The van der Waals surface area contributed by atoms with Gasteiger partial charge in [-0.15, -0.1) is 0 Å². The van der Waals surface area contributed by atoms with Crippen molar-refractivity contribution in [2.75, 3.05) is 18.6 Å². The van der Waals surface area contributed by atoms with E-state index in [1.165, 1.54) is 0 Å². The Hall–Kier alpha value is -1.56. The van der Waals surface area contributed by atoms with Gasteiger partial charge in [0.15, 0.2) is 21.2 Å². The smallest absolute Gasteiger partial charge is 0.179 e. The summed E-state index contributed by atoms with van der Waals surface area (Å²) in [7, 11) is -1.23. The monoisotopic (exact) mass is 294 g/mol. The summed E-state index contributed by atoms with van der Waals surface area (Å²) in [6.45, 7) is 0. The predicted molar refractivity (Wildman–Crippen MR) is 76.8 cm³/mol. The standard InChI is InChI=1S/C14H18N2O3S/c1-19-13-5-2-6-16-9-12(15-14(13)16)8-11-4-3-7-20(17,18)10-11/h2,5-6,9,11H,3-4,7-8,10H2,1H3. The molecule has 6 heteroatoms. The SMILES string of the molecule is COc1cccn2cc(CC3CCCS(=O)(=O)C3)nc12. The first-order chi connectivity index (χ1) is 9.57. The van der Waals surface area contributed by atoms with Crippen LogP contribution in [0.1, 0.15) is 18.5 Å². The van der Waals surface area contributed by atoms with Crippen LogP contribution < -0.4 is 4.74 Å². The van der Waals surface area contributed by atoms with E-state index in [1.54, 1.807) is 7.11 Å². The van der Waals surface area contributed by atoms with Crippen LogP contribution >= 0.6 is 0 Å². The van der Waals surface area contributed by atoms with Gasteiger partial charge in [0, 0.05) is 12.4 Å². The van der Waals surface area contributed by atoms with Crippen LogP contribution in [0.15, 0.2) is 24.5 Å². The van der Waals surface area contributed by atoms with Gasteiger partial charge in [-0.05, 0) is 37.3 Å². The zero-order valence-electron chi connectivity index (χ0n) is 11.4. The van der Waals surface area contributed by atoms with Gasteiger partial charge < -0.3 is 9.14 Å². The van der Waals surface area contributed by atoms with Gasteiger partial charge in [-0.25, -0.2) is 13.4 Å². The molecule has 1 saturated heterocycles. The third-order valence-corrected chi connectivity index (χ3v) is 5.66. The molecule has 1 aliphatic heterocycles. The van der Waals surface area contributed by atoms with Crippen LogP contribution in [-0.2, 0) is 16.3 Å². The van der Waals surface area contributed by atoms with Crippen molar-refractivity contribution >= 4 is 15.5 Å². The van der Waals surface area contributed by atoms with Crippen molar-refractivity contribution in [1.82, 2.24) is 9.38 Å². The largest absolute Gasteiger partial charge is 0.493 e. The Morgan fingerprint density at radius 1 is 1.50 bits per heavy atom. The lowest BCUT2D eigenvalue weighted by atomic mass is 10.00. The lowest BCUT2D eigenvalue weighted by Crippen LogP contribution is -2.26. The molecule has 0 bridgehead atoms. The number of nitrogens with zero attached hydrogens (tertiary/aromatic N) is 2. The first kappa shape index (κ1) is 13.4. The highest BCUT2D eigenvalue weighted by Crippen LogP contribution is 2.24. The highest BCUT2D eigenvalue weighted by molar-refractivity contribution is 7.91. The van der Waals surface area contributed by atoms with Crippen LogP contribution in [0.5, 0.6) is 5.75 Å². The number of hydrogen-bond acceptors (Lipinski definition) is 4. The normalized spacial score (nSPS) is 21.9. The summed E-state index contributed by atoms with van der Waals surface area (Å²) in [5, 5.41) is 0. The Kier molecular flexibility index (Phi) is 3.41. The summed E-state index contributed by atoms with van der Waals surface area (Å²) in [6, 6.07) is 3.78. The highest BCUT2D eigenvalue weighted by Gasteiger charge is 2.25. The van der Waals surface area contributed by atoms with E-state index in [2.05, 4.69) is 4.98 Å². The summed E-state index contributed by atoms with van der Waals surface area (Å²) in [6.07, 6.45) is 6.32. The van der Waals surface area contributed by atoms with E-state index < -0.39 is 9.84 Å². The van der Waals surface area contributed by atoms with Crippen molar-refractivity contribution < 1.29 is 13.2 Å². The number of imidazole rings is 1. The molecule has 2 aromatic heterocycles. The fourth-order valence-electron chi connectivity index (χ4n) is 2.87. The van der Waals surface area contributed by atoms with Crippen LogP contribution in [0.25, 0.3) is 5.65 Å². The van der Waals surface area contributed by atoms with E-state index in [1.807, 2.05) is 28.9 Å². The van der Waals surface area contributed by atoms with Crippen molar-refractivity contribution in [3.8, 4) is 5.75 Å². The molecular formula is C14H18N2O3S. The molecule has 2 aromatic rings. The molecule has 1 aliphatic rings. The van der Waals surface area contributed by atoms with E-state index in [9.17, 15) is 8.42 Å². The van der Waals surface area contributed by atoms with E-state index in [-0.39, 0.29) is 11.7 Å². The molecular weight excluding hydrogens is 276 g/mol. The maximum absolute atomic E-state index is 11.7. The van der Waals surface area contributed by atoms with Gasteiger partial charge in [-0.3, -0.25) is 0 Å². The number of rotatable bonds is 3. The Morgan fingerprint density at radius 2 is 2.35 bits per heavy atom. The Labute approximate surface area is 118 Å². The Balaban J connectivity index is 1.84. The van der Waals surface area contributed by atoms with E-state index >= 15 is 0 Å². The Morgan fingerprint density at radius 3 is 3.10 bits per heavy atom. The molecule has 0 aliphatic carbocycles. The molecule has 3 rings (SSSR count). The molecule has 1 atom stereocenters. The zero-order valence-corrected chi connectivity index (χ0v) is 12.3. The van der Waals surface area contributed by atoms with Crippen molar-refractivity contribution in [1.29, 1.82) is 0 Å². The fraction of sp³-hybridized carbons (Fsp3) is 0.500. The van der Waals surface area contributed by atoms with E-state index in [4.69, 9.17) is 4.74 Å². The molecule has 0 aromatic carbocycles. The summed E-state index contributed by atoms with van der Waals surface area (Å²) in [5.41, 5.74) is 1.71. The molecule has 0 spiro atoms. The zero-order chi connectivity index (χ0) is 14.2. The second kappa shape index (κ2) is 5.09. The molecule has 1 unspecified atom stereocenters. The summed E-state index contributed by atoms with van der Waals surface area (Å²) < 4.78 is 30.6. The third-order valence-electron chi connectivity index (χ3n) is 3.77. The molecule has 0 amide bonds. The van der Waals surface area contributed by atoms with Gasteiger partial charge in [-0.1, -0.05) is 0 Å². The average molecular weight is 294 g/mol. The van der Waals surface area contributed by atoms with Crippen molar-refractivity contribution in [2.45, 2.75) is 19.3 Å². The van der Waals surface area contributed by atoms with Crippen molar-refractivity contribution in [2.24, 2.45) is 5.92 Å². The van der Waals surface area contributed by atoms with Crippen LogP contribution in [0, 0.1) is 5.92 Å². The number of ether oxygens (including phenoxy) is 1. The molecule has 0 radical (unpaired) electrons. The second-order valence-corrected chi connectivity index (χ2v) is 7.60. The van der Waals surface area contributed by atoms with Crippen LogP contribution in [-0.4, -0.2) is 36.4 Å². The Bertz CT molecular complexity index is 721. The quantitative estimate of drug-likeness (QED) is 0.864. The molecule has 5 nitrogen and oxygen atoms in total. The predicted octanol–water partition coefficient (Wildman–Crippen LogP) is 1.71. The van der Waals surface area contributed by atoms with Gasteiger partial charge in [-0.2, -0.15) is 0 Å². The van der Waals surface area contributed by atoms with Gasteiger partial charge in [0.25, 0.3) is 0 Å². The number of hydrogen-bond donors (Lipinski definition) is 0. The van der Waals surface area contributed by atoms with Gasteiger partial charge in [0.05, 0.1) is 24.3 Å². The molecule has 3 heterocycles. The van der Waals surface area contributed by atoms with Crippen LogP contribution in [0.3, 0.4) is 0 Å². The molecule has 0 saturated carbocycles. The molecule has 108 valence electrons. The molecule has 0 N–H and O–H groups in total. The average Bonchev–Trinajstić information content (AvgIpc) is 2.79. The first-order valence-electron chi connectivity index (χ1n) is 6.78.